The molecule has 0 fully saturated rings. The van der Waals surface area contributed by atoms with Gasteiger partial charge in [-0.3, -0.25) is 14.4 Å². The van der Waals surface area contributed by atoms with Gasteiger partial charge in [-0.05, 0) is 84.8 Å². The summed E-state index contributed by atoms with van der Waals surface area (Å²) in [6.45, 7) is 1.90. The Balaban J connectivity index is 1.41. The number of rotatable bonds is 9. The second kappa shape index (κ2) is 13.8. The Bertz CT molecular complexity index is 1560. The molecule has 0 bridgehead atoms. The molecule has 4 rings (SSSR count). The van der Waals surface area contributed by atoms with E-state index < -0.39 is 11.8 Å². The molecular formula is C31H25Cl2N3O3S. The standard InChI is InChI=1S/C31H25Cl2N3O3S/c1-20-10-11-24(33)18-27(20)35-29(37)19-40-26-14-12-25(13-15-26)34-31(39)28(17-21-6-5-9-23(32)16-21)36-30(38)22-7-3-2-4-8-22/h2-18H,19H2,1H3,(H,34,39)(H,35,37)(H,36,38)/b28-17-. The largest absolute Gasteiger partial charge is 0.325 e. The third-order valence-corrected chi connectivity index (χ3v) is 7.13. The number of aryl methyl sites for hydroxylation is 1. The highest BCUT2D eigenvalue weighted by atomic mass is 35.5. The van der Waals surface area contributed by atoms with Crippen molar-refractivity contribution in [3.8, 4) is 0 Å². The van der Waals surface area contributed by atoms with Gasteiger partial charge in [-0.15, -0.1) is 11.8 Å². The first-order valence-corrected chi connectivity index (χ1v) is 13.9. The van der Waals surface area contributed by atoms with Crippen molar-refractivity contribution in [2.45, 2.75) is 11.8 Å². The number of nitrogens with one attached hydrogen (secondary N) is 3. The Labute approximate surface area is 246 Å². The van der Waals surface area contributed by atoms with E-state index in [2.05, 4.69) is 16.0 Å². The second-order valence-electron chi connectivity index (χ2n) is 8.71. The molecule has 0 unspecified atom stereocenters. The van der Waals surface area contributed by atoms with Crippen LogP contribution in [0.15, 0.2) is 108 Å². The smallest absolute Gasteiger partial charge is 0.272 e. The zero-order valence-corrected chi connectivity index (χ0v) is 23.7. The maximum atomic E-state index is 13.2. The van der Waals surface area contributed by atoms with Gasteiger partial charge in [-0.2, -0.15) is 0 Å². The first kappa shape index (κ1) is 29.0. The Morgan fingerprint density at radius 2 is 1.52 bits per heavy atom. The monoisotopic (exact) mass is 589 g/mol. The third kappa shape index (κ3) is 8.48. The van der Waals surface area contributed by atoms with Crippen LogP contribution >= 0.6 is 35.0 Å². The van der Waals surface area contributed by atoms with Gasteiger partial charge in [0, 0.05) is 31.9 Å². The van der Waals surface area contributed by atoms with Crippen LogP contribution in [0.4, 0.5) is 11.4 Å². The summed E-state index contributed by atoms with van der Waals surface area (Å²) in [6, 6.07) is 28.0. The number of thioether (sulfide) groups is 1. The van der Waals surface area contributed by atoms with Crippen LogP contribution in [0.5, 0.6) is 0 Å². The van der Waals surface area contributed by atoms with Crippen LogP contribution in [-0.2, 0) is 9.59 Å². The van der Waals surface area contributed by atoms with Crippen LogP contribution in [0.2, 0.25) is 10.0 Å². The normalized spacial score (nSPS) is 11.0. The summed E-state index contributed by atoms with van der Waals surface area (Å²) in [7, 11) is 0. The first-order chi connectivity index (χ1) is 19.3. The van der Waals surface area contributed by atoms with E-state index in [0.29, 0.717) is 32.5 Å². The zero-order chi connectivity index (χ0) is 28.5. The first-order valence-electron chi connectivity index (χ1n) is 12.2. The average Bonchev–Trinajstić information content (AvgIpc) is 2.94. The van der Waals surface area contributed by atoms with Crippen molar-refractivity contribution in [2.24, 2.45) is 0 Å². The second-order valence-corrected chi connectivity index (χ2v) is 10.6. The lowest BCUT2D eigenvalue weighted by molar-refractivity contribution is -0.114. The van der Waals surface area contributed by atoms with Crippen LogP contribution in [0.25, 0.3) is 6.08 Å². The molecule has 0 aliphatic rings. The molecule has 0 saturated carbocycles. The lowest BCUT2D eigenvalue weighted by atomic mass is 10.1. The van der Waals surface area contributed by atoms with E-state index in [1.54, 1.807) is 97.1 Å². The van der Waals surface area contributed by atoms with Crippen molar-refractivity contribution < 1.29 is 14.4 Å². The minimum absolute atomic E-state index is 0.0579. The van der Waals surface area contributed by atoms with E-state index in [-0.39, 0.29) is 17.4 Å². The summed E-state index contributed by atoms with van der Waals surface area (Å²) in [5, 5.41) is 9.45. The highest BCUT2D eigenvalue weighted by molar-refractivity contribution is 8.00. The number of halogens is 2. The Morgan fingerprint density at radius 1 is 0.800 bits per heavy atom. The molecule has 0 aromatic heterocycles. The summed E-state index contributed by atoms with van der Waals surface area (Å²) in [5.74, 6) is -0.865. The maximum Gasteiger partial charge on any atom is 0.272 e. The fourth-order valence-electron chi connectivity index (χ4n) is 3.60. The van der Waals surface area contributed by atoms with E-state index in [1.807, 2.05) is 13.0 Å². The third-order valence-electron chi connectivity index (χ3n) is 5.64. The highest BCUT2D eigenvalue weighted by Crippen LogP contribution is 2.23. The fourth-order valence-corrected chi connectivity index (χ4v) is 4.67. The summed E-state index contributed by atoms with van der Waals surface area (Å²) in [5.41, 5.74) is 3.26. The minimum atomic E-state index is -0.499. The van der Waals surface area contributed by atoms with Gasteiger partial charge in [0.25, 0.3) is 11.8 Å². The van der Waals surface area contributed by atoms with Crippen LogP contribution in [0, 0.1) is 6.92 Å². The number of carbonyl (C=O) groups excluding carboxylic acids is 3. The van der Waals surface area contributed by atoms with Crippen molar-refractivity contribution >= 4 is 70.1 Å². The van der Waals surface area contributed by atoms with Crippen molar-refractivity contribution in [3.63, 3.8) is 0 Å². The summed E-state index contributed by atoms with van der Waals surface area (Å²) in [4.78, 5) is 39.3. The molecule has 9 heteroatoms. The number of carbonyl (C=O) groups is 3. The van der Waals surface area contributed by atoms with Crippen LogP contribution in [0.3, 0.4) is 0 Å². The van der Waals surface area contributed by atoms with Crippen molar-refractivity contribution in [2.75, 3.05) is 16.4 Å². The molecule has 0 radical (unpaired) electrons. The maximum absolute atomic E-state index is 13.2. The molecule has 0 saturated heterocycles. The zero-order valence-electron chi connectivity index (χ0n) is 21.4. The lowest BCUT2D eigenvalue weighted by Gasteiger charge is -2.12. The Hall–Kier alpha value is -4.04. The van der Waals surface area contributed by atoms with Gasteiger partial charge < -0.3 is 16.0 Å². The van der Waals surface area contributed by atoms with Crippen molar-refractivity contribution in [1.29, 1.82) is 0 Å². The fraction of sp³-hybridized carbons (Fsp3) is 0.0645. The van der Waals surface area contributed by atoms with Gasteiger partial charge in [0.2, 0.25) is 5.91 Å². The molecule has 0 atom stereocenters. The van der Waals surface area contributed by atoms with Gasteiger partial charge in [0.05, 0.1) is 5.75 Å². The molecule has 0 heterocycles. The molecule has 0 aliphatic heterocycles. The van der Waals surface area contributed by atoms with Gasteiger partial charge >= 0.3 is 0 Å². The molecule has 0 spiro atoms. The number of anilines is 2. The van der Waals surface area contributed by atoms with Crippen molar-refractivity contribution in [3.05, 3.63) is 129 Å². The predicted octanol–water partition coefficient (Wildman–Crippen LogP) is 7.44. The van der Waals surface area contributed by atoms with Crippen LogP contribution in [0.1, 0.15) is 21.5 Å². The average molecular weight is 591 g/mol. The molecule has 3 amide bonds. The van der Waals surface area contributed by atoms with E-state index in [0.717, 1.165) is 10.5 Å². The SMILES string of the molecule is Cc1ccc(Cl)cc1NC(=O)CSc1ccc(NC(=O)/C(=C/c2cccc(Cl)c2)NC(=O)c2ccccc2)cc1. The van der Waals surface area contributed by atoms with Crippen LogP contribution in [-0.4, -0.2) is 23.5 Å². The van der Waals surface area contributed by atoms with E-state index >= 15 is 0 Å². The van der Waals surface area contributed by atoms with Gasteiger partial charge in [0.1, 0.15) is 5.70 Å². The summed E-state index contributed by atoms with van der Waals surface area (Å²) >= 11 is 13.5. The molecule has 0 aliphatic carbocycles. The van der Waals surface area contributed by atoms with E-state index in [9.17, 15) is 14.4 Å². The highest BCUT2D eigenvalue weighted by Gasteiger charge is 2.15. The summed E-state index contributed by atoms with van der Waals surface area (Å²) in [6.07, 6.45) is 1.56. The Morgan fingerprint density at radius 3 is 2.25 bits per heavy atom. The molecule has 4 aromatic rings. The molecule has 6 nitrogen and oxygen atoms in total. The predicted molar refractivity (Wildman–Crippen MR) is 164 cm³/mol. The number of hydrogen-bond acceptors (Lipinski definition) is 4. The number of amides is 3. The Kier molecular flexibility index (Phi) is 10.0. The molecule has 202 valence electrons. The topological polar surface area (TPSA) is 87.3 Å². The number of hydrogen-bond donors (Lipinski definition) is 3. The lowest BCUT2D eigenvalue weighted by Crippen LogP contribution is -2.30. The number of benzene rings is 4. The van der Waals surface area contributed by atoms with Crippen LogP contribution < -0.4 is 16.0 Å². The van der Waals surface area contributed by atoms with E-state index in [1.165, 1.54) is 11.8 Å². The summed E-state index contributed by atoms with van der Waals surface area (Å²) < 4.78 is 0. The molecular weight excluding hydrogens is 565 g/mol. The van der Waals surface area contributed by atoms with Gasteiger partial charge in [-0.1, -0.05) is 59.6 Å². The van der Waals surface area contributed by atoms with Gasteiger partial charge in [-0.25, -0.2) is 0 Å². The quantitative estimate of drug-likeness (QED) is 0.140. The van der Waals surface area contributed by atoms with Crippen molar-refractivity contribution in [1.82, 2.24) is 5.32 Å². The minimum Gasteiger partial charge on any atom is -0.325 e. The molecule has 3 N–H and O–H groups in total. The molecule has 40 heavy (non-hydrogen) atoms. The molecule has 4 aromatic carbocycles. The van der Waals surface area contributed by atoms with E-state index in [4.69, 9.17) is 23.2 Å². The van der Waals surface area contributed by atoms with Gasteiger partial charge in [0.15, 0.2) is 0 Å².